The van der Waals surface area contributed by atoms with E-state index < -0.39 is 18.5 Å². The van der Waals surface area contributed by atoms with Crippen molar-refractivity contribution in [3.05, 3.63) is 29.6 Å². The maximum absolute atomic E-state index is 12.0. The van der Waals surface area contributed by atoms with Gasteiger partial charge in [0.05, 0.1) is 6.54 Å². The third kappa shape index (κ3) is 3.28. The topological polar surface area (TPSA) is 69.6 Å². The number of rotatable bonds is 4. The fraction of sp³-hybridized carbons (Fsp3) is 0.143. The van der Waals surface area contributed by atoms with Crippen LogP contribution in [0.25, 0.3) is 10.1 Å². The van der Waals surface area contributed by atoms with Crippen LogP contribution in [0.5, 0.6) is 0 Å². The summed E-state index contributed by atoms with van der Waals surface area (Å²) >= 11 is 1.61. The fourth-order valence-electron chi connectivity index (χ4n) is 1.72. The normalized spacial score (nSPS) is 9.95. The molecule has 2 N–H and O–H groups in total. The molecule has 0 saturated carbocycles. The summed E-state index contributed by atoms with van der Waals surface area (Å²) in [5.41, 5.74) is 0.605. The van der Waals surface area contributed by atoms with Crippen molar-refractivity contribution in [1.29, 1.82) is 0 Å². The summed E-state index contributed by atoms with van der Waals surface area (Å²) in [6.07, 6.45) is 5.13. The van der Waals surface area contributed by atoms with Crippen molar-refractivity contribution in [3.63, 3.8) is 0 Å². The Morgan fingerprint density at radius 1 is 1.40 bits per heavy atom. The Morgan fingerprint density at radius 3 is 2.90 bits per heavy atom. The van der Waals surface area contributed by atoms with Crippen molar-refractivity contribution in [1.82, 2.24) is 4.90 Å². The number of fused-ring (bicyclic) bond motifs is 1. The number of anilines is 1. The molecule has 0 atom stereocenters. The molecular weight excluding hydrogens is 276 g/mol. The molecule has 0 saturated heterocycles. The second-order valence-corrected chi connectivity index (χ2v) is 5.00. The number of carboxylic acid groups (broad SMARTS) is 1. The van der Waals surface area contributed by atoms with Gasteiger partial charge < -0.3 is 15.3 Å². The van der Waals surface area contributed by atoms with Crippen LogP contribution in [0.4, 0.5) is 10.5 Å². The van der Waals surface area contributed by atoms with Crippen LogP contribution in [0.3, 0.4) is 0 Å². The zero-order valence-electron chi connectivity index (χ0n) is 10.5. The van der Waals surface area contributed by atoms with E-state index in [0.29, 0.717) is 5.69 Å². The van der Waals surface area contributed by atoms with Crippen LogP contribution < -0.4 is 5.32 Å². The Bertz CT molecular complexity index is 687. The number of nitrogens with zero attached hydrogens (tertiary/aromatic N) is 1. The third-order valence-electron chi connectivity index (χ3n) is 2.60. The summed E-state index contributed by atoms with van der Waals surface area (Å²) in [5.74, 6) is 1.16. The number of carbonyl (C=O) groups is 2. The smallest absolute Gasteiger partial charge is 0.323 e. The monoisotopic (exact) mass is 288 g/mol. The Labute approximate surface area is 119 Å². The van der Waals surface area contributed by atoms with E-state index in [1.807, 2.05) is 23.6 Å². The van der Waals surface area contributed by atoms with Crippen LogP contribution in [0.15, 0.2) is 29.6 Å². The number of aliphatic carboxylic acids is 1. The first-order valence-electron chi connectivity index (χ1n) is 5.78. The van der Waals surface area contributed by atoms with Gasteiger partial charge in [0.15, 0.2) is 0 Å². The second-order valence-electron chi connectivity index (χ2n) is 4.06. The van der Waals surface area contributed by atoms with Crippen LogP contribution >= 0.6 is 11.3 Å². The number of hydrogen-bond donors (Lipinski definition) is 2. The van der Waals surface area contributed by atoms with Gasteiger partial charge in [-0.25, -0.2) is 4.79 Å². The highest BCUT2D eigenvalue weighted by molar-refractivity contribution is 7.17. The molecule has 0 aliphatic carbocycles. The van der Waals surface area contributed by atoms with Gasteiger partial charge in [-0.1, -0.05) is 5.92 Å². The van der Waals surface area contributed by atoms with Crippen molar-refractivity contribution < 1.29 is 14.7 Å². The lowest BCUT2D eigenvalue weighted by Crippen LogP contribution is -2.39. The molecule has 0 unspecified atom stereocenters. The van der Waals surface area contributed by atoms with Crippen LogP contribution in [0, 0.1) is 12.3 Å². The largest absolute Gasteiger partial charge is 0.480 e. The molecule has 0 radical (unpaired) electrons. The molecule has 6 heteroatoms. The van der Waals surface area contributed by atoms with E-state index in [1.165, 1.54) is 0 Å². The summed E-state index contributed by atoms with van der Waals surface area (Å²) < 4.78 is 1.12. The van der Waals surface area contributed by atoms with Gasteiger partial charge in [0, 0.05) is 10.4 Å². The molecule has 0 aliphatic rings. The van der Waals surface area contributed by atoms with Crippen LogP contribution in [0.1, 0.15) is 0 Å². The molecule has 2 aromatic rings. The molecule has 1 aromatic carbocycles. The molecule has 102 valence electrons. The number of carbonyl (C=O) groups excluding carboxylic acids is 1. The highest BCUT2D eigenvalue weighted by atomic mass is 32.1. The number of amides is 2. The predicted octanol–water partition coefficient (Wildman–Crippen LogP) is 2.45. The lowest BCUT2D eigenvalue weighted by Gasteiger charge is -2.18. The van der Waals surface area contributed by atoms with Gasteiger partial charge >= 0.3 is 12.0 Å². The van der Waals surface area contributed by atoms with Crippen LogP contribution in [-0.2, 0) is 4.79 Å². The van der Waals surface area contributed by atoms with Crippen LogP contribution in [-0.4, -0.2) is 35.1 Å². The fourth-order valence-corrected chi connectivity index (χ4v) is 2.49. The van der Waals surface area contributed by atoms with E-state index in [4.69, 9.17) is 11.5 Å². The molecule has 0 aliphatic heterocycles. The quantitative estimate of drug-likeness (QED) is 0.849. The first-order chi connectivity index (χ1) is 9.60. The van der Waals surface area contributed by atoms with Gasteiger partial charge in [0.2, 0.25) is 0 Å². The third-order valence-corrected chi connectivity index (χ3v) is 3.50. The molecule has 0 fully saturated rings. The first kappa shape index (κ1) is 13.9. The van der Waals surface area contributed by atoms with E-state index in [0.717, 1.165) is 15.0 Å². The summed E-state index contributed by atoms with van der Waals surface area (Å²) in [5, 5.41) is 14.4. The average molecular weight is 288 g/mol. The van der Waals surface area contributed by atoms with Gasteiger partial charge in [0.1, 0.15) is 6.54 Å². The van der Waals surface area contributed by atoms with Crippen molar-refractivity contribution in [2.24, 2.45) is 0 Å². The van der Waals surface area contributed by atoms with E-state index in [2.05, 4.69) is 11.2 Å². The van der Waals surface area contributed by atoms with E-state index in [-0.39, 0.29) is 6.54 Å². The molecule has 5 nitrogen and oxygen atoms in total. The molecule has 1 heterocycles. The summed E-state index contributed by atoms with van der Waals surface area (Å²) in [7, 11) is 0. The molecular formula is C14H12N2O3S. The highest BCUT2D eigenvalue weighted by Crippen LogP contribution is 2.24. The van der Waals surface area contributed by atoms with Gasteiger partial charge in [-0.15, -0.1) is 17.8 Å². The summed E-state index contributed by atoms with van der Waals surface area (Å²) in [6, 6.07) is 6.93. The predicted molar refractivity (Wildman–Crippen MR) is 78.9 cm³/mol. The number of urea groups is 1. The van der Waals surface area contributed by atoms with Gasteiger partial charge in [-0.2, -0.15) is 0 Å². The average Bonchev–Trinajstić information content (AvgIpc) is 2.85. The summed E-state index contributed by atoms with van der Waals surface area (Å²) in [4.78, 5) is 23.7. The zero-order chi connectivity index (χ0) is 14.5. The van der Waals surface area contributed by atoms with Crippen molar-refractivity contribution >= 4 is 39.1 Å². The lowest BCUT2D eigenvalue weighted by molar-refractivity contribution is -0.137. The van der Waals surface area contributed by atoms with Crippen molar-refractivity contribution in [2.75, 3.05) is 18.4 Å². The van der Waals surface area contributed by atoms with Gasteiger partial charge in [-0.05, 0) is 35.0 Å². The molecule has 0 spiro atoms. The number of terminal acetylenes is 1. The lowest BCUT2D eigenvalue weighted by atomic mass is 10.2. The highest BCUT2D eigenvalue weighted by Gasteiger charge is 2.15. The second kappa shape index (κ2) is 6.08. The minimum Gasteiger partial charge on any atom is -0.480 e. The van der Waals surface area contributed by atoms with Crippen molar-refractivity contribution in [2.45, 2.75) is 0 Å². The van der Waals surface area contributed by atoms with E-state index in [1.54, 1.807) is 17.4 Å². The van der Waals surface area contributed by atoms with E-state index >= 15 is 0 Å². The number of thiophene rings is 1. The number of hydrogen-bond acceptors (Lipinski definition) is 3. The maximum Gasteiger partial charge on any atom is 0.323 e. The van der Waals surface area contributed by atoms with Gasteiger partial charge in [0.25, 0.3) is 0 Å². The van der Waals surface area contributed by atoms with Crippen LogP contribution in [0.2, 0.25) is 0 Å². The zero-order valence-corrected chi connectivity index (χ0v) is 11.3. The molecule has 20 heavy (non-hydrogen) atoms. The van der Waals surface area contributed by atoms with Crippen molar-refractivity contribution in [3.8, 4) is 12.3 Å². The SMILES string of the molecule is C#CCN(CC(=O)O)C(=O)Nc1ccc2sccc2c1. The maximum atomic E-state index is 12.0. The van der Waals surface area contributed by atoms with Gasteiger partial charge in [-0.3, -0.25) is 4.79 Å². The standard InChI is InChI=1S/C14H12N2O3S/c1-2-6-16(9-13(17)18)14(19)15-11-3-4-12-10(8-11)5-7-20-12/h1,3-5,7-8H,6,9H2,(H,15,19)(H,17,18). The Morgan fingerprint density at radius 2 is 2.20 bits per heavy atom. The molecule has 1 aromatic heterocycles. The Balaban J connectivity index is 2.12. The minimum atomic E-state index is -1.11. The molecule has 0 bridgehead atoms. The molecule has 2 rings (SSSR count). The van der Waals surface area contributed by atoms with E-state index in [9.17, 15) is 9.59 Å². The number of nitrogens with one attached hydrogen (secondary N) is 1. The first-order valence-corrected chi connectivity index (χ1v) is 6.66. The number of benzene rings is 1. The molecule has 2 amide bonds. The minimum absolute atomic E-state index is 0.0567. The number of carboxylic acids is 1. The Kier molecular flexibility index (Phi) is 4.23. The Hall–Kier alpha value is -2.52. The summed E-state index contributed by atoms with van der Waals surface area (Å²) in [6.45, 7) is -0.491.